The Bertz CT molecular complexity index is 1130. The molecule has 0 N–H and O–H groups in total. The SMILES string of the molecule is FC(F)(F)c1c(CN2CCN(c3ccc(Cl)cc3Cl)CC2)ccn2c(CC3CC3)nnc12. The molecule has 10 heteroatoms. The zero-order valence-electron chi connectivity index (χ0n) is 17.2. The molecule has 1 saturated carbocycles. The lowest BCUT2D eigenvalue weighted by Crippen LogP contribution is -2.46. The fraction of sp³-hybridized carbons (Fsp3) is 0.455. The zero-order chi connectivity index (χ0) is 22.5. The van der Waals surface area contributed by atoms with Crippen LogP contribution in [0.5, 0.6) is 0 Å². The highest BCUT2D eigenvalue weighted by atomic mass is 35.5. The van der Waals surface area contributed by atoms with E-state index in [1.54, 1.807) is 24.4 Å². The standard InChI is InChI=1S/C22H22Cl2F3N5/c23-16-3-4-18(17(24)12-16)31-9-7-30(8-10-31)13-15-5-6-32-19(11-14-1-2-14)28-29-21(32)20(15)22(25,26)27/h3-6,12,14H,1-2,7-11,13H2. The molecule has 1 saturated heterocycles. The van der Waals surface area contributed by atoms with Crippen LogP contribution in [0.3, 0.4) is 0 Å². The van der Waals surface area contributed by atoms with Crippen molar-refractivity contribution >= 4 is 34.5 Å². The molecule has 0 radical (unpaired) electrons. The number of pyridine rings is 1. The van der Waals surface area contributed by atoms with E-state index >= 15 is 0 Å². The van der Waals surface area contributed by atoms with Crippen LogP contribution in [0.4, 0.5) is 18.9 Å². The molecule has 5 rings (SSSR count). The monoisotopic (exact) mass is 483 g/mol. The van der Waals surface area contributed by atoms with Crippen molar-refractivity contribution in [3.05, 3.63) is 57.5 Å². The first-order valence-electron chi connectivity index (χ1n) is 10.6. The summed E-state index contributed by atoms with van der Waals surface area (Å²) in [5, 5.41) is 9.14. The number of fused-ring (bicyclic) bond motifs is 1. The second kappa shape index (κ2) is 8.39. The topological polar surface area (TPSA) is 36.7 Å². The number of aromatic nitrogens is 3. The van der Waals surface area contributed by atoms with E-state index in [0.29, 0.717) is 54.4 Å². The Kier molecular flexibility index (Phi) is 5.72. The summed E-state index contributed by atoms with van der Waals surface area (Å²) in [6, 6.07) is 6.93. The van der Waals surface area contributed by atoms with Crippen LogP contribution in [0.25, 0.3) is 5.65 Å². The highest BCUT2D eigenvalue weighted by molar-refractivity contribution is 6.36. The fourth-order valence-corrected chi connectivity index (χ4v) is 4.86. The first-order chi connectivity index (χ1) is 15.3. The Morgan fingerprint density at radius 3 is 2.41 bits per heavy atom. The molecule has 1 aromatic carbocycles. The largest absolute Gasteiger partial charge is 0.420 e. The molecule has 3 aromatic rings. The van der Waals surface area contributed by atoms with Crippen molar-refractivity contribution in [3.63, 3.8) is 0 Å². The number of anilines is 1. The predicted octanol–water partition coefficient (Wildman–Crippen LogP) is 5.33. The molecule has 3 heterocycles. The summed E-state index contributed by atoms with van der Waals surface area (Å²) in [6.45, 7) is 2.79. The Hall–Kier alpha value is -2.03. The molecule has 0 atom stereocenters. The minimum absolute atomic E-state index is 0.0998. The van der Waals surface area contributed by atoms with Gasteiger partial charge >= 0.3 is 6.18 Å². The molecule has 2 aromatic heterocycles. The summed E-state index contributed by atoms with van der Waals surface area (Å²) < 4.78 is 43.6. The summed E-state index contributed by atoms with van der Waals surface area (Å²) in [7, 11) is 0. The van der Waals surface area contributed by atoms with Crippen LogP contribution >= 0.6 is 23.2 Å². The van der Waals surface area contributed by atoms with Gasteiger partial charge in [0.05, 0.1) is 10.7 Å². The van der Waals surface area contributed by atoms with Crippen LogP contribution in [0.15, 0.2) is 30.5 Å². The van der Waals surface area contributed by atoms with Gasteiger partial charge in [-0.2, -0.15) is 13.2 Å². The van der Waals surface area contributed by atoms with E-state index in [2.05, 4.69) is 15.1 Å². The quantitative estimate of drug-likeness (QED) is 0.491. The van der Waals surface area contributed by atoms with Gasteiger partial charge in [0.15, 0.2) is 5.65 Å². The van der Waals surface area contributed by atoms with E-state index in [-0.39, 0.29) is 17.8 Å². The van der Waals surface area contributed by atoms with Crippen LogP contribution in [-0.4, -0.2) is 45.7 Å². The Balaban J connectivity index is 1.35. The molecular weight excluding hydrogens is 462 g/mol. The smallest absolute Gasteiger partial charge is 0.368 e. The molecule has 0 spiro atoms. The van der Waals surface area contributed by atoms with Crippen LogP contribution < -0.4 is 4.90 Å². The number of piperazine rings is 1. The van der Waals surface area contributed by atoms with Gasteiger partial charge in [-0.25, -0.2) is 0 Å². The van der Waals surface area contributed by atoms with E-state index in [0.717, 1.165) is 18.5 Å². The summed E-state index contributed by atoms with van der Waals surface area (Å²) in [4.78, 5) is 4.16. The molecule has 1 aliphatic carbocycles. The van der Waals surface area contributed by atoms with E-state index in [1.807, 2.05) is 11.0 Å². The van der Waals surface area contributed by atoms with Crippen molar-refractivity contribution < 1.29 is 13.2 Å². The van der Waals surface area contributed by atoms with Crippen LogP contribution in [-0.2, 0) is 19.1 Å². The molecule has 1 aliphatic heterocycles. The third kappa shape index (κ3) is 4.40. The maximum Gasteiger partial charge on any atom is 0.420 e. The Morgan fingerprint density at radius 2 is 1.75 bits per heavy atom. The summed E-state index contributed by atoms with van der Waals surface area (Å²) in [5.41, 5.74) is 0.336. The highest BCUT2D eigenvalue weighted by Gasteiger charge is 2.38. The second-order valence-corrected chi connectivity index (χ2v) is 9.37. The molecule has 32 heavy (non-hydrogen) atoms. The van der Waals surface area contributed by atoms with Crippen LogP contribution in [0, 0.1) is 5.92 Å². The van der Waals surface area contributed by atoms with Crippen molar-refractivity contribution in [3.8, 4) is 0 Å². The minimum atomic E-state index is -4.50. The van der Waals surface area contributed by atoms with E-state index < -0.39 is 11.7 Å². The summed E-state index contributed by atoms with van der Waals surface area (Å²) in [5.74, 6) is 1.12. The number of halogens is 5. The predicted molar refractivity (Wildman–Crippen MR) is 118 cm³/mol. The van der Waals surface area contributed by atoms with Gasteiger partial charge in [0.25, 0.3) is 0 Å². The van der Waals surface area contributed by atoms with Crippen molar-refractivity contribution in [1.82, 2.24) is 19.5 Å². The Labute approximate surface area is 193 Å². The molecule has 0 bridgehead atoms. The number of hydrogen-bond donors (Lipinski definition) is 0. The average molecular weight is 484 g/mol. The van der Waals surface area contributed by atoms with Gasteiger partial charge in [-0.1, -0.05) is 23.2 Å². The van der Waals surface area contributed by atoms with Gasteiger partial charge < -0.3 is 4.90 Å². The van der Waals surface area contributed by atoms with Gasteiger partial charge in [-0.3, -0.25) is 9.30 Å². The second-order valence-electron chi connectivity index (χ2n) is 8.53. The first-order valence-corrected chi connectivity index (χ1v) is 11.4. The molecule has 2 fully saturated rings. The molecule has 0 amide bonds. The average Bonchev–Trinajstić information content (AvgIpc) is 3.46. The normalized spacial score (nSPS) is 18.0. The molecule has 2 aliphatic rings. The third-order valence-corrected chi connectivity index (χ3v) is 6.74. The first kappa shape index (κ1) is 21.8. The van der Waals surface area contributed by atoms with E-state index in [4.69, 9.17) is 23.2 Å². The molecule has 5 nitrogen and oxygen atoms in total. The van der Waals surface area contributed by atoms with Crippen molar-refractivity contribution in [2.45, 2.75) is 32.0 Å². The minimum Gasteiger partial charge on any atom is -0.368 e. The summed E-state index contributed by atoms with van der Waals surface area (Å²) in [6.07, 6.45) is 0.0629. The van der Waals surface area contributed by atoms with Gasteiger partial charge in [0, 0.05) is 50.4 Å². The van der Waals surface area contributed by atoms with Crippen molar-refractivity contribution in [2.24, 2.45) is 5.92 Å². The lowest BCUT2D eigenvalue weighted by Gasteiger charge is -2.36. The van der Waals surface area contributed by atoms with E-state index in [9.17, 15) is 13.2 Å². The fourth-order valence-electron chi connectivity index (χ4n) is 4.33. The number of hydrogen-bond acceptors (Lipinski definition) is 4. The summed E-state index contributed by atoms with van der Waals surface area (Å²) >= 11 is 12.3. The van der Waals surface area contributed by atoms with Crippen LogP contribution in [0.2, 0.25) is 10.0 Å². The number of rotatable bonds is 5. The lowest BCUT2D eigenvalue weighted by molar-refractivity contribution is -0.137. The van der Waals surface area contributed by atoms with Gasteiger partial charge in [-0.15, -0.1) is 10.2 Å². The number of nitrogens with zero attached hydrogens (tertiary/aromatic N) is 5. The van der Waals surface area contributed by atoms with Crippen molar-refractivity contribution in [2.75, 3.05) is 31.1 Å². The molecular formula is C22H22Cl2F3N5. The maximum absolute atomic E-state index is 14.0. The third-order valence-electron chi connectivity index (χ3n) is 6.20. The van der Waals surface area contributed by atoms with Gasteiger partial charge in [0.2, 0.25) is 0 Å². The van der Waals surface area contributed by atoms with Crippen molar-refractivity contribution in [1.29, 1.82) is 0 Å². The molecule has 170 valence electrons. The van der Waals surface area contributed by atoms with Crippen LogP contribution in [0.1, 0.15) is 29.8 Å². The van der Waals surface area contributed by atoms with E-state index in [1.165, 1.54) is 4.40 Å². The zero-order valence-corrected chi connectivity index (χ0v) is 18.8. The highest BCUT2D eigenvalue weighted by Crippen LogP contribution is 2.37. The lowest BCUT2D eigenvalue weighted by atomic mass is 10.1. The molecule has 0 unspecified atom stereocenters. The van der Waals surface area contributed by atoms with Gasteiger partial charge in [0.1, 0.15) is 11.4 Å². The maximum atomic E-state index is 14.0. The van der Waals surface area contributed by atoms with Gasteiger partial charge in [-0.05, 0) is 48.6 Å². The number of alkyl halides is 3. The number of benzene rings is 1. The Morgan fingerprint density at radius 1 is 1.00 bits per heavy atom.